The zero-order chi connectivity index (χ0) is 16.3. The van der Waals surface area contributed by atoms with Gasteiger partial charge in [0.2, 0.25) is 0 Å². The van der Waals surface area contributed by atoms with Crippen LogP contribution >= 0.6 is 0 Å². The summed E-state index contributed by atoms with van der Waals surface area (Å²) in [6, 6.07) is 16.9. The number of halogens is 2. The summed E-state index contributed by atoms with van der Waals surface area (Å²) >= 11 is 0. The van der Waals surface area contributed by atoms with Crippen molar-refractivity contribution in [1.29, 1.82) is 0 Å². The number of imidazole rings is 1. The van der Waals surface area contributed by atoms with E-state index in [2.05, 4.69) is 28.2 Å². The molecule has 0 aliphatic heterocycles. The molecule has 0 amide bonds. The van der Waals surface area contributed by atoms with E-state index >= 15 is 0 Å². The summed E-state index contributed by atoms with van der Waals surface area (Å²) in [7, 11) is 0. The van der Waals surface area contributed by atoms with Crippen LogP contribution in [0.5, 0.6) is 0 Å². The first kappa shape index (κ1) is 13.4. The van der Waals surface area contributed by atoms with Gasteiger partial charge in [0.15, 0.2) is 11.6 Å². The highest BCUT2D eigenvalue weighted by Gasteiger charge is 2.23. The first-order chi connectivity index (χ1) is 11.7. The monoisotopic (exact) mass is 318 g/mol. The van der Waals surface area contributed by atoms with Gasteiger partial charge >= 0.3 is 0 Å². The Bertz CT molecular complexity index is 1110. The Morgan fingerprint density at radius 2 is 1.62 bits per heavy atom. The van der Waals surface area contributed by atoms with E-state index in [9.17, 15) is 8.78 Å². The van der Waals surface area contributed by atoms with Gasteiger partial charge in [0.05, 0.1) is 5.52 Å². The highest BCUT2D eigenvalue weighted by atomic mass is 19.2. The third kappa shape index (κ3) is 1.77. The third-order valence-corrected chi connectivity index (χ3v) is 4.62. The fourth-order valence-corrected chi connectivity index (χ4v) is 3.53. The summed E-state index contributed by atoms with van der Waals surface area (Å²) in [5.74, 6) is -1.24. The number of hydrogen-bond acceptors (Lipinski definition) is 1. The average molecular weight is 318 g/mol. The number of fused-ring (bicyclic) bond motifs is 4. The molecule has 0 atom stereocenters. The van der Waals surface area contributed by atoms with Crippen molar-refractivity contribution in [3.63, 3.8) is 0 Å². The minimum Gasteiger partial charge on any atom is -0.338 e. The summed E-state index contributed by atoms with van der Waals surface area (Å²) in [5.41, 5.74) is 6.23. The molecule has 0 saturated heterocycles. The molecule has 4 heteroatoms. The van der Waals surface area contributed by atoms with Gasteiger partial charge in [-0.1, -0.05) is 42.5 Å². The molecule has 2 nitrogen and oxygen atoms in total. The molecular weight excluding hydrogens is 306 g/mol. The predicted molar refractivity (Wildman–Crippen MR) is 89.7 cm³/mol. The van der Waals surface area contributed by atoms with Gasteiger partial charge in [0.1, 0.15) is 11.3 Å². The molecule has 116 valence electrons. The summed E-state index contributed by atoms with van der Waals surface area (Å²) in [6.07, 6.45) is 0.878. The molecule has 5 rings (SSSR count). The summed E-state index contributed by atoms with van der Waals surface area (Å²) in [6.45, 7) is 0. The van der Waals surface area contributed by atoms with Crippen molar-refractivity contribution in [3.8, 4) is 22.5 Å². The van der Waals surface area contributed by atoms with Crippen LogP contribution in [-0.2, 0) is 6.42 Å². The zero-order valence-electron chi connectivity index (χ0n) is 12.6. The lowest BCUT2D eigenvalue weighted by atomic mass is 9.99. The van der Waals surface area contributed by atoms with Gasteiger partial charge in [-0.2, -0.15) is 0 Å². The van der Waals surface area contributed by atoms with Crippen LogP contribution < -0.4 is 0 Å². The van der Waals surface area contributed by atoms with Crippen LogP contribution in [0, 0.1) is 11.6 Å². The second kappa shape index (κ2) is 4.74. The Hall–Kier alpha value is -3.01. The van der Waals surface area contributed by atoms with Gasteiger partial charge in [-0.15, -0.1) is 0 Å². The molecule has 0 radical (unpaired) electrons. The van der Waals surface area contributed by atoms with Crippen molar-refractivity contribution >= 4 is 11.0 Å². The molecule has 1 heterocycles. The average Bonchev–Trinajstić information content (AvgIpc) is 3.19. The maximum Gasteiger partial charge on any atom is 0.186 e. The van der Waals surface area contributed by atoms with Crippen LogP contribution in [0.15, 0.2) is 54.6 Å². The van der Waals surface area contributed by atoms with Gasteiger partial charge in [-0.3, -0.25) is 0 Å². The fraction of sp³-hybridized carbons (Fsp3) is 0.0500. The van der Waals surface area contributed by atoms with Gasteiger partial charge in [0.25, 0.3) is 0 Å². The molecule has 1 aliphatic carbocycles. The quantitative estimate of drug-likeness (QED) is 0.459. The maximum absolute atomic E-state index is 14.0. The van der Waals surface area contributed by atoms with Crippen molar-refractivity contribution in [1.82, 2.24) is 9.97 Å². The highest BCUT2D eigenvalue weighted by Crippen LogP contribution is 2.42. The number of benzene rings is 3. The number of H-pyrrole nitrogens is 1. The van der Waals surface area contributed by atoms with Crippen LogP contribution in [-0.4, -0.2) is 9.97 Å². The van der Waals surface area contributed by atoms with Crippen molar-refractivity contribution in [3.05, 3.63) is 77.4 Å². The van der Waals surface area contributed by atoms with Crippen LogP contribution in [0.4, 0.5) is 8.78 Å². The van der Waals surface area contributed by atoms with Gasteiger partial charge in [-0.05, 0) is 40.8 Å². The molecule has 0 bridgehead atoms. The van der Waals surface area contributed by atoms with Crippen LogP contribution in [0.1, 0.15) is 11.1 Å². The minimum absolute atomic E-state index is 0.0360. The largest absolute Gasteiger partial charge is 0.338 e. The van der Waals surface area contributed by atoms with Crippen molar-refractivity contribution in [2.45, 2.75) is 6.42 Å². The Balaban J connectivity index is 1.79. The van der Waals surface area contributed by atoms with Crippen molar-refractivity contribution < 1.29 is 8.78 Å². The van der Waals surface area contributed by atoms with E-state index in [1.807, 2.05) is 24.3 Å². The van der Waals surface area contributed by atoms with Crippen LogP contribution in [0.3, 0.4) is 0 Å². The molecule has 0 saturated carbocycles. The van der Waals surface area contributed by atoms with E-state index in [0.29, 0.717) is 11.3 Å². The number of aromatic amines is 1. The molecule has 0 unspecified atom stereocenters. The zero-order valence-corrected chi connectivity index (χ0v) is 12.6. The molecule has 1 aliphatic rings. The lowest BCUT2D eigenvalue weighted by Crippen LogP contribution is -1.88. The van der Waals surface area contributed by atoms with E-state index < -0.39 is 11.6 Å². The molecule has 24 heavy (non-hydrogen) atoms. The second-order valence-corrected chi connectivity index (χ2v) is 6.02. The molecule has 0 fully saturated rings. The Morgan fingerprint density at radius 1 is 0.833 bits per heavy atom. The normalized spacial score (nSPS) is 12.4. The number of aromatic nitrogens is 2. The first-order valence-electron chi connectivity index (χ1n) is 7.76. The molecule has 1 N–H and O–H groups in total. The van der Waals surface area contributed by atoms with E-state index in [1.54, 1.807) is 0 Å². The van der Waals surface area contributed by atoms with E-state index in [0.717, 1.165) is 23.6 Å². The SMILES string of the molecule is Fc1ccc2[nH]c(-c3cccc4c3-c3ccccc3C4)nc2c1F. The minimum atomic E-state index is -0.914. The van der Waals surface area contributed by atoms with Crippen molar-refractivity contribution in [2.24, 2.45) is 0 Å². The van der Waals surface area contributed by atoms with Gasteiger partial charge in [-0.25, -0.2) is 13.8 Å². The van der Waals surface area contributed by atoms with Gasteiger partial charge in [0, 0.05) is 5.56 Å². The topological polar surface area (TPSA) is 28.7 Å². The first-order valence-corrected chi connectivity index (χ1v) is 7.76. The standard InChI is InChI=1S/C20H12F2N2/c21-15-8-9-16-19(18(15)22)24-20(23-16)14-7-3-5-12-10-11-4-1-2-6-13(11)17(12)14/h1-9H,10H2,(H,23,24). The smallest absolute Gasteiger partial charge is 0.186 e. The second-order valence-electron chi connectivity index (χ2n) is 6.02. The Labute approximate surface area is 136 Å². The lowest BCUT2D eigenvalue weighted by Gasteiger charge is -2.07. The number of nitrogens with zero attached hydrogens (tertiary/aromatic N) is 1. The lowest BCUT2D eigenvalue weighted by molar-refractivity contribution is 0.515. The Morgan fingerprint density at radius 3 is 2.54 bits per heavy atom. The number of nitrogens with one attached hydrogen (secondary N) is 1. The predicted octanol–water partition coefficient (Wildman–Crippen LogP) is 5.08. The van der Waals surface area contributed by atoms with E-state index in [1.165, 1.54) is 22.8 Å². The van der Waals surface area contributed by atoms with Gasteiger partial charge < -0.3 is 4.98 Å². The highest BCUT2D eigenvalue weighted by molar-refractivity contribution is 5.90. The van der Waals surface area contributed by atoms with E-state index in [4.69, 9.17) is 0 Å². The third-order valence-electron chi connectivity index (χ3n) is 4.62. The maximum atomic E-state index is 14.0. The molecule has 4 aromatic rings. The molecule has 0 spiro atoms. The number of rotatable bonds is 1. The molecular formula is C20H12F2N2. The molecule has 3 aromatic carbocycles. The summed E-state index contributed by atoms with van der Waals surface area (Å²) in [5, 5.41) is 0. The van der Waals surface area contributed by atoms with Crippen LogP contribution in [0.25, 0.3) is 33.5 Å². The number of hydrogen-bond donors (Lipinski definition) is 1. The Kier molecular flexibility index (Phi) is 2.65. The van der Waals surface area contributed by atoms with E-state index in [-0.39, 0.29) is 5.52 Å². The van der Waals surface area contributed by atoms with Crippen molar-refractivity contribution in [2.75, 3.05) is 0 Å². The molecule has 1 aromatic heterocycles. The summed E-state index contributed by atoms with van der Waals surface area (Å²) < 4.78 is 27.4. The fourth-order valence-electron chi connectivity index (χ4n) is 3.53. The van der Waals surface area contributed by atoms with Crippen LogP contribution in [0.2, 0.25) is 0 Å². The summed E-state index contributed by atoms with van der Waals surface area (Å²) in [4.78, 5) is 7.45.